The van der Waals surface area contributed by atoms with Gasteiger partial charge in [-0.1, -0.05) is 18.2 Å². The molecule has 29 heavy (non-hydrogen) atoms. The number of rotatable bonds is 5. The van der Waals surface area contributed by atoms with Gasteiger partial charge in [-0.05, 0) is 61.4 Å². The van der Waals surface area contributed by atoms with Gasteiger partial charge in [-0.2, -0.15) is 0 Å². The Bertz CT molecular complexity index is 1280. The molecule has 0 amide bonds. The lowest BCUT2D eigenvalue weighted by Crippen LogP contribution is -2.14. The highest BCUT2D eigenvalue weighted by molar-refractivity contribution is 7.92. The van der Waals surface area contributed by atoms with Crippen LogP contribution in [-0.4, -0.2) is 24.9 Å². The Hall–Kier alpha value is -3.32. The zero-order valence-electron chi connectivity index (χ0n) is 16.4. The lowest BCUT2D eigenvalue weighted by Gasteiger charge is -2.14. The third-order valence-electron chi connectivity index (χ3n) is 4.76. The summed E-state index contributed by atoms with van der Waals surface area (Å²) in [5.74, 6) is 0.662. The number of benzene rings is 2. The summed E-state index contributed by atoms with van der Waals surface area (Å²) in [6, 6.07) is 16.4. The maximum absolute atomic E-state index is 13.0. The first kappa shape index (κ1) is 19.0. The molecule has 7 heteroatoms. The number of aryl methyl sites for hydroxylation is 2. The summed E-state index contributed by atoms with van der Waals surface area (Å²) in [6.45, 7) is 3.57. The SMILES string of the molecule is COc1cc(C)c(S(=O)(=O)Nc2cccc(-c3cn4ccccc4n3)c2)cc1C. The number of nitrogens with zero attached hydrogens (tertiary/aromatic N) is 2. The summed E-state index contributed by atoms with van der Waals surface area (Å²) in [5, 5.41) is 0. The number of hydrogen-bond donors (Lipinski definition) is 1. The number of aromatic nitrogens is 2. The van der Waals surface area contributed by atoms with E-state index in [2.05, 4.69) is 9.71 Å². The molecule has 2 heterocycles. The van der Waals surface area contributed by atoms with Crippen LogP contribution in [-0.2, 0) is 10.0 Å². The van der Waals surface area contributed by atoms with Crippen LogP contribution in [0.2, 0.25) is 0 Å². The third kappa shape index (κ3) is 3.69. The predicted molar refractivity (Wildman–Crippen MR) is 114 cm³/mol. The first-order chi connectivity index (χ1) is 13.9. The molecule has 0 spiro atoms. The smallest absolute Gasteiger partial charge is 0.262 e. The number of nitrogens with one attached hydrogen (secondary N) is 1. The van der Waals surface area contributed by atoms with Crippen molar-refractivity contribution in [3.05, 3.63) is 78.1 Å². The molecular weight excluding hydrogens is 386 g/mol. The van der Waals surface area contributed by atoms with E-state index in [0.29, 0.717) is 17.0 Å². The van der Waals surface area contributed by atoms with E-state index in [4.69, 9.17) is 4.74 Å². The Morgan fingerprint density at radius 3 is 2.59 bits per heavy atom. The number of hydrogen-bond acceptors (Lipinski definition) is 4. The number of sulfonamides is 1. The number of fused-ring (bicyclic) bond motifs is 1. The van der Waals surface area contributed by atoms with Crippen molar-refractivity contribution in [2.45, 2.75) is 18.7 Å². The maximum Gasteiger partial charge on any atom is 0.262 e. The Balaban J connectivity index is 1.68. The van der Waals surface area contributed by atoms with Crippen LogP contribution in [0.5, 0.6) is 5.75 Å². The zero-order valence-corrected chi connectivity index (χ0v) is 17.2. The predicted octanol–water partition coefficient (Wildman–Crippen LogP) is 4.43. The Morgan fingerprint density at radius 1 is 1.00 bits per heavy atom. The second kappa shape index (κ2) is 7.25. The van der Waals surface area contributed by atoms with Gasteiger partial charge < -0.3 is 9.14 Å². The summed E-state index contributed by atoms with van der Waals surface area (Å²) >= 11 is 0. The van der Waals surface area contributed by atoms with Gasteiger partial charge in [0.1, 0.15) is 11.4 Å². The maximum atomic E-state index is 13.0. The first-order valence-electron chi connectivity index (χ1n) is 9.09. The fourth-order valence-electron chi connectivity index (χ4n) is 3.30. The van der Waals surface area contributed by atoms with E-state index in [1.54, 1.807) is 38.3 Å². The quantitative estimate of drug-likeness (QED) is 0.531. The molecule has 0 radical (unpaired) electrons. The molecule has 6 nitrogen and oxygen atoms in total. The molecule has 0 saturated heterocycles. The monoisotopic (exact) mass is 407 g/mol. The van der Waals surface area contributed by atoms with Gasteiger partial charge in [0.05, 0.1) is 17.7 Å². The van der Waals surface area contributed by atoms with Crippen molar-refractivity contribution in [2.75, 3.05) is 11.8 Å². The molecule has 4 aromatic rings. The molecule has 0 bridgehead atoms. The largest absolute Gasteiger partial charge is 0.496 e. The summed E-state index contributed by atoms with van der Waals surface area (Å²) in [5.41, 5.74) is 4.30. The fourth-order valence-corrected chi connectivity index (χ4v) is 4.66. The van der Waals surface area contributed by atoms with Crippen molar-refractivity contribution in [2.24, 2.45) is 0 Å². The summed E-state index contributed by atoms with van der Waals surface area (Å²) in [4.78, 5) is 4.83. The van der Waals surface area contributed by atoms with Crippen LogP contribution < -0.4 is 9.46 Å². The normalized spacial score (nSPS) is 11.6. The van der Waals surface area contributed by atoms with E-state index < -0.39 is 10.0 Å². The lowest BCUT2D eigenvalue weighted by molar-refractivity contribution is 0.411. The molecule has 2 aromatic carbocycles. The molecule has 2 aromatic heterocycles. The molecule has 0 unspecified atom stereocenters. The first-order valence-corrected chi connectivity index (χ1v) is 10.6. The molecular formula is C22H21N3O3S. The van der Waals surface area contributed by atoms with Gasteiger partial charge in [0, 0.05) is 23.6 Å². The van der Waals surface area contributed by atoms with Crippen LogP contribution in [0.4, 0.5) is 5.69 Å². The minimum atomic E-state index is -3.75. The molecule has 1 N–H and O–H groups in total. The third-order valence-corrected chi connectivity index (χ3v) is 6.28. The molecule has 0 aliphatic rings. The molecule has 0 aliphatic carbocycles. The molecule has 0 fully saturated rings. The Kier molecular flexibility index (Phi) is 4.76. The Morgan fingerprint density at radius 2 is 1.83 bits per heavy atom. The number of anilines is 1. The van der Waals surface area contributed by atoms with Crippen LogP contribution in [0, 0.1) is 13.8 Å². The minimum Gasteiger partial charge on any atom is -0.496 e. The van der Waals surface area contributed by atoms with Crippen LogP contribution in [0.25, 0.3) is 16.9 Å². The van der Waals surface area contributed by atoms with Crippen LogP contribution >= 0.6 is 0 Å². The van der Waals surface area contributed by atoms with Crippen molar-refractivity contribution < 1.29 is 13.2 Å². The van der Waals surface area contributed by atoms with Gasteiger partial charge in [0.2, 0.25) is 0 Å². The van der Waals surface area contributed by atoms with Gasteiger partial charge in [0.25, 0.3) is 10.0 Å². The van der Waals surface area contributed by atoms with Gasteiger partial charge in [-0.25, -0.2) is 13.4 Å². The number of imidazole rings is 1. The van der Waals surface area contributed by atoms with E-state index in [1.165, 1.54) is 0 Å². The van der Waals surface area contributed by atoms with Crippen LogP contribution in [0.15, 0.2) is 71.9 Å². The summed E-state index contributed by atoms with van der Waals surface area (Å²) in [7, 11) is -2.18. The second-order valence-electron chi connectivity index (χ2n) is 6.87. The average molecular weight is 407 g/mol. The Labute approximate surface area is 169 Å². The highest BCUT2D eigenvalue weighted by Crippen LogP contribution is 2.28. The number of ether oxygens (including phenoxy) is 1. The molecule has 0 aliphatic heterocycles. The molecule has 4 rings (SSSR count). The van der Waals surface area contributed by atoms with Crippen molar-refractivity contribution in [3.63, 3.8) is 0 Å². The van der Waals surface area contributed by atoms with Crippen molar-refractivity contribution in [3.8, 4) is 17.0 Å². The topological polar surface area (TPSA) is 72.7 Å². The van der Waals surface area contributed by atoms with Crippen LogP contribution in [0.1, 0.15) is 11.1 Å². The van der Waals surface area contributed by atoms with E-state index in [-0.39, 0.29) is 4.90 Å². The molecule has 148 valence electrons. The summed E-state index contributed by atoms with van der Waals surface area (Å²) in [6.07, 6.45) is 3.84. The zero-order chi connectivity index (χ0) is 20.6. The van der Waals surface area contributed by atoms with E-state index in [9.17, 15) is 8.42 Å². The average Bonchev–Trinajstić information content (AvgIpc) is 3.13. The van der Waals surface area contributed by atoms with Crippen molar-refractivity contribution in [1.29, 1.82) is 0 Å². The fraction of sp³-hybridized carbons (Fsp3) is 0.136. The minimum absolute atomic E-state index is 0.230. The van der Waals surface area contributed by atoms with Gasteiger partial charge in [-0.15, -0.1) is 0 Å². The van der Waals surface area contributed by atoms with Gasteiger partial charge in [0.15, 0.2) is 0 Å². The summed E-state index contributed by atoms with van der Waals surface area (Å²) < 4.78 is 35.9. The van der Waals surface area contributed by atoms with E-state index >= 15 is 0 Å². The lowest BCUT2D eigenvalue weighted by atomic mass is 10.1. The van der Waals surface area contributed by atoms with Crippen LogP contribution in [0.3, 0.4) is 0 Å². The van der Waals surface area contributed by atoms with Crippen molar-refractivity contribution >= 4 is 21.4 Å². The number of pyridine rings is 1. The standard InChI is InChI=1S/C22H21N3O3S/c1-15-12-21(16(2)11-20(15)28-3)29(26,27)24-18-8-6-7-17(13-18)19-14-25-10-5-4-9-22(25)23-19/h4-14,24H,1-3H3. The highest BCUT2D eigenvalue weighted by atomic mass is 32.2. The van der Waals surface area contributed by atoms with Gasteiger partial charge in [-0.3, -0.25) is 4.72 Å². The van der Waals surface area contributed by atoms with Gasteiger partial charge >= 0.3 is 0 Å². The van der Waals surface area contributed by atoms with Crippen molar-refractivity contribution in [1.82, 2.24) is 9.38 Å². The van der Waals surface area contributed by atoms with E-state index in [0.717, 1.165) is 22.5 Å². The molecule has 0 saturated carbocycles. The highest BCUT2D eigenvalue weighted by Gasteiger charge is 2.19. The number of methoxy groups -OCH3 is 1. The van der Waals surface area contributed by atoms with E-state index in [1.807, 2.05) is 54.0 Å². The second-order valence-corrected chi connectivity index (χ2v) is 8.52. The molecule has 0 atom stereocenters.